The number of aromatic nitrogens is 2. The molecule has 0 aliphatic carbocycles. The van der Waals surface area contributed by atoms with E-state index in [1.165, 1.54) is 24.4 Å². The lowest BCUT2D eigenvalue weighted by atomic mass is 10.2. The topological polar surface area (TPSA) is 122 Å². The van der Waals surface area contributed by atoms with Gasteiger partial charge in [0.15, 0.2) is 0 Å². The third-order valence-electron chi connectivity index (χ3n) is 2.39. The molecule has 0 spiro atoms. The summed E-state index contributed by atoms with van der Waals surface area (Å²) in [5, 5.41) is 21.8. The zero-order chi connectivity index (χ0) is 15.4. The van der Waals surface area contributed by atoms with Crippen molar-refractivity contribution in [3.05, 3.63) is 57.0 Å². The smallest absolute Gasteiger partial charge is 0.299 e. The van der Waals surface area contributed by atoms with Crippen molar-refractivity contribution in [2.75, 3.05) is 5.32 Å². The van der Waals surface area contributed by atoms with Gasteiger partial charge >= 0.3 is 5.69 Å². The molecule has 2 aromatic heterocycles. The minimum absolute atomic E-state index is 0.00341. The number of hydrogen-bond donors (Lipinski definition) is 1. The number of pyridine rings is 2. The fourth-order valence-corrected chi connectivity index (χ4v) is 1.58. The second-order valence-electron chi connectivity index (χ2n) is 3.76. The van der Waals surface area contributed by atoms with E-state index in [4.69, 9.17) is 16.9 Å². The van der Waals surface area contributed by atoms with Gasteiger partial charge in [-0.1, -0.05) is 11.6 Å². The zero-order valence-corrected chi connectivity index (χ0v) is 11.0. The van der Waals surface area contributed by atoms with Crippen molar-refractivity contribution in [3.8, 4) is 6.07 Å². The maximum atomic E-state index is 11.9. The Kier molecular flexibility index (Phi) is 4.06. The van der Waals surface area contributed by atoms with Gasteiger partial charge in [0.1, 0.15) is 16.9 Å². The molecule has 104 valence electrons. The number of halogens is 1. The van der Waals surface area contributed by atoms with Crippen LogP contribution >= 0.6 is 11.6 Å². The number of hydrogen-bond acceptors (Lipinski definition) is 6. The largest absolute Gasteiger partial charge is 0.311 e. The van der Waals surface area contributed by atoms with Crippen molar-refractivity contribution in [1.82, 2.24) is 9.97 Å². The van der Waals surface area contributed by atoms with Gasteiger partial charge in [-0.15, -0.1) is 0 Å². The number of amides is 1. The molecule has 2 rings (SSSR count). The molecule has 0 unspecified atom stereocenters. The van der Waals surface area contributed by atoms with Crippen LogP contribution in [0.15, 0.2) is 30.5 Å². The van der Waals surface area contributed by atoms with Crippen molar-refractivity contribution >= 4 is 29.0 Å². The average molecular weight is 304 g/mol. The summed E-state index contributed by atoms with van der Waals surface area (Å²) in [4.78, 5) is 29.6. The van der Waals surface area contributed by atoms with E-state index < -0.39 is 10.8 Å². The summed E-state index contributed by atoms with van der Waals surface area (Å²) in [5.41, 5.74) is -0.107. The third-order valence-corrected chi connectivity index (χ3v) is 2.60. The lowest BCUT2D eigenvalue weighted by Crippen LogP contribution is -2.15. The van der Waals surface area contributed by atoms with Crippen LogP contribution in [0.5, 0.6) is 0 Å². The molecule has 0 saturated heterocycles. The van der Waals surface area contributed by atoms with Gasteiger partial charge in [0.2, 0.25) is 5.82 Å². The Morgan fingerprint density at radius 1 is 1.38 bits per heavy atom. The van der Waals surface area contributed by atoms with E-state index in [1.807, 2.05) is 6.07 Å². The van der Waals surface area contributed by atoms with Crippen molar-refractivity contribution in [2.24, 2.45) is 0 Å². The molecule has 0 fully saturated rings. The number of nitrogens with one attached hydrogen (secondary N) is 1. The molecule has 0 saturated carbocycles. The summed E-state index contributed by atoms with van der Waals surface area (Å²) >= 11 is 5.65. The molecule has 2 aromatic rings. The van der Waals surface area contributed by atoms with Gasteiger partial charge in [-0.2, -0.15) is 5.26 Å². The van der Waals surface area contributed by atoms with E-state index in [-0.39, 0.29) is 22.4 Å². The molecular weight excluding hydrogens is 298 g/mol. The van der Waals surface area contributed by atoms with Crippen LogP contribution in [0.1, 0.15) is 16.1 Å². The normalized spacial score (nSPS) is 9.71. The van der Waals surface area contributed by atoms with Crippen molar-refractivity contribution < 1.29 is 9.72 Å². The average Bonchev–Trinajstić information content (AvgIpc) is 2.47. The number of rotatable bonds is 3. The standard InChI is InChI=1S/C12H6ClN5O3/c13-10-4-3-9(18(20)21)11(16-10)17-12(19)8-2-1-7(5-14)6-15-8/h1-4,6H,(H,16,17,19). The van der Waals surface area contributed by atoms with Crippen molar-refractivity contribution in [2.45, 2.75) is 0 Å². The number of nitro groups is 1. The van der Waals surface area contributed by atoms with Gasteiger partial charge in [-0.3, -0.25) is 20.2 Å². The number of nitrogens with zero attached hydrogens (tertiary/aromatic N) is 4. The first kappa shape index (κ1) is 14.4. The molecule has 0 aliphatic rings. The first-order valence-corrected chi connectivity index (χ1v) is 5.87. The van der Waals surface area contributed by atoms with E-state index in [9.17, 15) is 14.9 Å². The van der Waals surface area contributed by atoms with E-state index in [0.29, 0.717) is 5.56 Å². The number of nitriles is 1. The minimum atomic E-state index is -0.697. The predicted molar refractivity (Wildman–Crippen MR) is 72.8 cm³/mol. The van der Waals surface area contributed by atoms with Gasteiger partial charge in [0.05, 0.1) is 10.5 Å². The van der Waals surface area contributed by atoms with Gasteiger partial charge in [0, 0.05) is 12.3 Å². The molecule has 21 heavy (non-hydrogen) atoms. The Morgan fingerprint density at radius 2 is 2.14 bits per heavy atom. The molecule has 1 amide bonds. The first-order chi connectivity index (χ1) is 10.0. The first-order valence-electron chi connectivity index (χ1n) is 5.49. The highest BCUT2D eigenvalue weighted by Gasteiger charge is 2.19. The summed E-state index contributed by atoms with van der Waals surface area (Å²) in [5.74, 6) is -0.971. The monoisotopic (exact) mass is 303 g/mol. The van der Waals surface area contributed by atoms with Crippen LogP contribution in [0.2, 0.25) is 5.15 Å². The quantitative estimate of drug-likeness (QED) is 0.526. The number of anilines is 1. The second kappa shape index (κ2) is 5.94. The second-order valence-corrected chi connectivity index (χ2v) is 4.14. The Labute approximate surface area is 123 Å². The maximum Gasteiger partial charge on any atom is 0.311 e. The minimum Gasteiger partial charge on any atom is -0.299 e. The van der Waals surface area contributed by atoms with E-state index in [0.717, 1.165) is 6.07 Å². The summed E-state index contributed by atoms with van der Waals surface area (Å²) in [6.45, 7) is 0. The van der Waals surface area contributed by atoms with E-state index >= 15 is 0 Å². The van der Waals surface area contributed by atoms with Gasteiger partial charge < -0.3 is 0 Å². The fourth-order valence-electron chi connectivity index (χ4n) is 1.43. The lowest BCUT2D eigenvalue weighted by molar-refractivity contribution is -0.384. The van der Waals surface area contributed by atoms with Crippen LogP contribution in [0, 0.1) is 21.4 Å². The Morgan fingerprint density at radius 3 is 2.71 bits per heavy atom. The summed E-state index contributed by atoms with van der Waals surface area (Å²) < 4.78 is 0. The number of carbonyl (C=O) groups is 1. The number of carbonyl (C=O) groups excluding carboxylic acids is 1. The van der Waals surface area contributed by atoms with Crippen LogP contribution in [-0.2, 0) is 0 Å². The SMILES string of the molecule is N#Cc1ccc(C(=O)Nc2nc(Cl)ccc2[N+](=O)[O-])nc1. The molecule has 1 N–H and O–H groups in total. The van der Waals surface area contributed by atoms with Crippen LogP contribution in [0.4, 0.5) is 11.5 Å². The third kappa shape index (κ3) is 3.29. The molecule has 0 atom stereocenters. The van der Waals surface area contributed by atoms with Crippen molar-refractivity contribution in [3.63, 3.8) is 0 Å². The highest BCUT2D eigenvalue weighted by atomic mass is 35.5. The van der Waals surface area contributed by atoms with Gasteiger partial charge in [-0.25, -0.2) is 9.97 Å². The summed E-state index contributed by atoms with van der Waals surface area (Å²) in [7, 11) is 0. The van der Waals surface area contributed by atoms with Crippen LogP contribution < -0.4 is 5.32 Å². The van der Waals surface area contributed by atoms with E-state index in [1.54, 1.807) is 0 Å². The summed E-state index contributed by atoms with van der Waals surface area (Å²) in [6, 6.07) is 6.97. The predicted octanol–water partition coefficient (Wildman–Crippen LogP) is 2.16. The highest BCUT2D eigenvalue weighted by molar-refractivity contribution is 6.29. The molecule has 8 nitrogen and oxygen atoms in total. The molecule has 9 heteroatoms. The maximum absolute atomic E-state index is 11.9. The fraction of sp³-hybridized carbons (Fsp3) is 0. The van der Waals surface area contributed by atoms with Crippen molar-refractivity contribution in [1.29, 1.82) is 5.26 Å². The van der Waals surface area contributed by atoms with Gasteiger partial charge in [0.25, 0.3) is 5.91 Å². The van der Waals surface area contributed by atoms with Gasteiger partial charge in [-0.05, 0) is 18.2 Å². The molecular formula is C12H6ClN5O3. The molecule has 2 heterocycles. The molecule has 0 bridgehead atoms. The van der Waals surface area contributed by atoms with Crippen LogP contribution in [0.25, 0.3) is 0 Å². The molecule has 0 aromatic carbocycles. The lowest BCUT2D eigenvalue weighted by Gasteiger charge is -2.05. The van der Waals surface area contributed by atoms with Crippen LogP contribution in [-0.4, -0.2) is 20.8 Å². The van der Waals surface area contributed by atoms with E-state index in [2.05, 4.69) is 15.3 Å². The molecule has 0 aliphatic heterocycles. The Bertz CT molecular complexity index is 754. The highest BCUT2D eigenvalue weighted by Crippen LogP contribution is 2.24. The van der Waals surface area contributed by atoms with Crippen LogP contribution in [0.3, 0.4) is 0 Å². The Hall–Kier alpha value is -3.05. The molecule has 0 radical (unpaired) electrons. The zero-order valence-electron chi connectivity index (χ0n) is 10.3. The summed E-state index contributed by atoms with van der Waals surface area (Å²) in [6.07, 6.45) is 1.22. The Balaban J connectivity index is 2.28.